The van der Waals surface area contributed by atoms with Crippen molar-refractivity contribution in [2.45, 2.75) is 12.6 Å². The highest BCUT2D eigenvalue weighted by atomic mass is 35.5. The van der Waals surface area contributed by atoms with E-state index in [1.54, 1.807) is 6.07 Å². The maximum absolute atomic E-state index is 12.2. The quantitative estimate of drug-likeness (QED) is 0.578. The fraction of sp³-hybridized carbons (Fsp3) is 0.143. The van der Waals surface area contributed by atoms with Gasteiger partial charge in [0.05, 0.1) is 6.42 Å². The maximum atomic E-state index is 12.2. The summed E-state index contributed by atoms with van der Waals surface area (Å²) < 4.78 is 41.4. The fourth-order valence-corrected chi connectivity index (χ4v) is 2.07. The molecular formula is C14H7Cl2F3O3. The summed E-state index contributed by atoms with van der Waals surface area (Å²) >= 11 is 11.6. The van der Waals surface area contributed by atoms with Crippen molar-refractivity contribution in [2.75, 3.05) is 0 Å². The van der Waals surface area contributed by atoms with E-state index in [9.17, 15) is 22.8 Å². The summed E-state index contributed by atoms with van der Waals surface area (Å²) in [5.41, 5.74) is 0.790. The molecule has 0 atom stereocenters. The molecule has 2 aromatic rings. The standard InChI is InChI=1S/C14H7Cl2F3O3/c15-12-9(6-22-13(12)16)7-2-1-3-8(4-7)10(20)5-11(21)14(17,18)19/h1-4,6H,5H2. The van der Waals surface area contributed by atoms with Crippen LogP contribution < -0.4 is 0 Å². The Bertz CT molecular complexity index is 735. The first-order valence-electron chi connectivity index (χ1n) is 5.86. The summed E-state index contributed by atoms with van der Waals surface area (Å²) in [7, 11) is 0. The van der Waals surface area contributed by atoms with Crippen molar-refractivity contribution in [3.05, 3.63) is 46.3 Å². The molecule has 0 aliphatic heterocycles. The Morgan fingerprint density at radius 2 is 1.86 bits per heavy atom. The first-order chi connectivity index (χ1) is 10.2. The van der Waals surface area contributed by atoms with E-state index >= 15 is 0 Å². The number of alkyl halides is 3. The number of rotatable bonds is 4. The van der Waals surface area contributed by atoms with Crippen LogP contribution in [0.5, 0.6) is 0 Å². The molecule has 0 N–H and O–H groups in total. The molecule has 0 amide bonds. The SMILES string of the molecule is O=C(CC(=O)C(F)(F)F)c1cccc(-c2coc(Cl)c2Cl)c1. The molecule has 22 heavy (non-hydrogen) atoms. The maximum Gasteiger partial charge on any atom is 0.450 e. The first-order valence-corrected chi connectivity index (χ1v) is 6.62. The predicted molar refractivity (Wildman–Crippen MR) is 74.2 cm³/mol. The lowest BCUT2D eigenvalue weighted by Gasteiger charge is -2.06. The average Bonchev–Trinajstić information content (AvgIpc) is 2.78. The third-order valence-corrected chi connectivity index (χ3v) is 3.57. The third-order valence-electron chi connectivity index (χ3n) is 2.82. The lowest BCUT2D eigenvalue weighted by atomic mass is 10.0. The minimum Gasteiger partial charge on any atom is -0.451 e. The summed E-state index contributed by atoms with van der Waals surface area (Å²) in [6.45, 7) is 0. The second-order valence-electron chi connectivity index (χ2n) is 4.34. The highest BCUT2D eigenvalue weighted by molar-refractivity contribution is 6.42. The zero-order valence-corrected chi connectivity index (χ0v) is 12.2. The summed E-state index contributed by atoms with van der Waals surface area (Å²) in [6.07, 6.45) is -5.02. The second kappa shape index (κ2) is 6.14. The van der Waals surface area contributed by atoms with Crippen LogP contribution in [0.1, 0.15) is 16.8 Å². The number of hydrogen-bond donors (Lipinski definition) is 0. The van der Waals surface area contributed by atoms with Gasteiger partial charge in [0.2, 0.25) is 11.0 Å². The Labute approximate surface area is 132 Å². The minimum atomic E-state index is -5.03. The molecule has 3 nitrogen and oxygen atoms in total. The van der Waals surface area contributed by atoms with Gasteiger partial charge in [-0.15, -0.1) is 0 Å². The first kappa shape index (κ1) is 16.6. The van der Waals surface area contributed by atoms with E-state index in [0.717, 1.165) is 0 Å². The molecule has 8 heteroatoms. The summed E-state index contributed by atoms with van der Waals surface area (Å²) in [6, 6.07) is 5.66. The molecule has 1 aromatic carbocycles. The Morgan fingerprint density at radius 1 is 1.18 bits per heavy atom. The van der Waals surface area contributed by atoms with Crippen LogP contribution in [0.15, 0.2) is 34.9 Å². The molecule has 0 aliphatic carbocycles. The largest absolute Gasteiger partial charge is 0.451 e. The topological polar surface area (TPSA) is 47.3 Å². The van der Waals surface area contributed by atoms with Crippen molar-refractivity contribution < 1.29 is 27.2 Å². The van der Waals surface area contributed by atoms with Crippen LogP contribution in [0.25, 0.3) is 11.1 Å². The molecule has 1 heterocycles. The zero-order valence-electron chi connectivity index (χ0n) is 10.7. The second-order valence-corrected chi connectivity index (χ2v) is 5.06. The van der Waals surface area contributed by atoms with Crippen molar-refractivity contribution in [1.82, 2.24) is 0 Å². The molecule has 0 saturated carbocycles. The van der Waals surface area contributed by atoms with E-state index < -0.39 is 24.2 Å². The van der Waals surface area contributed by atoms with Crippen LogP contribution in [-0.4, -0.2) is 17.7 Å². The Balaban J connectivity index is 2.27. The summed E-state index contributed by atoms with van der Waals surface area (Å²) in [5.74, 6) is -3.03. The van der Waals surface area contributed by atoms with Gasteiger partial charge < -0.3 is 4.42 Å². The Kier molecular flexibility index (Phi) is 4.63. The van der Waals surface area contributed by atoms with Crippen molar-refractivity contribution >= 4 is 34.8 Å². The van der Waals surface area contributed by atoms with E-state index in [4.69, 9.17) is 27.6 Å². The Morgan fingerprint density at radius 3 is 2.41 bits per heavy atom. The number of carbonyl (C=O) groups is 2. The molecule has 0 aliphatic rings. The highest BCUT2D eigenvalue weighted by Gasteiger charge is 2.39. The van der Waals surface area contributed by atoms with Gasteiger partial charge in [0.25, 0.3) is 0 Å². The number of furan rings is 1. The highest BCUT2D eigenvalue weighted by Crippen LogP contribution is 2.35. The van der Waals surface area contributed by atoms with Gasteiger partial charge >= 0.3 is 6.18 Å². The third kappa shape index (κ3) is 3.51. The van der Waals surface area contributed by atoms with E-state index in [1.807, 2.05) is 0 Å². The molecular weight excluding hydrogens is 344 g/mol. The average molecular weight is 351 g/mol. The number of ketones is 2. The number of carbonyl (C=O) groups excluding carboxylic acids is 2. The van der Waals surface area contributed by atoms with Crippen LogP contribution in [0.3, 0.4) is 0 Å². The number of hydrogen-bond acceptors (Lipinski definition) is 3. The van der Waals surface area contributed by atoms with Crippen LogP contribution in [-0.2, 0) is 4.79 Å². The molecule has 2 rings (SSSR count). The van der Waals surface area contributed by atoms with Gasteiger partial charge in [-0.3, -0.25) is 9.59 Å². The molecule has 0 radical (unpaired) electrons. The minimum absolute atomic E-state index is 0.0384. The van der Waals surface area contributed by atoms with Crippen molar-refractivity contribution in [2.24, 2.45) is 0 Å². The fourth-order valence-electron chi connectivity index (χ4n) is 1.72. The van der Waals surface area contributed by atoms with Gasteiger partial charge in [-0.25, -0.2) is 0 Å². The van der Waals surface area contributed by atoms with Gasteiger partial charge in [0.15, 0.2) is 5.78 Å². The lowest BCUT2D eigenvalue weighted by molar-refractivity contribution is -0.170. The van der Waals surface area contributed by atoms with Crippen LogP contribution in [0.2, 0.25) is 10.2 Å². The van der Waals surface area contributed by atoms with E-state index in [1.165, 1.54) is 24.5 Å². The normalized spacial score (nSPS) is 11.5. The number of halogens is 5. The van der Waals surface area contributed by atoms with Gasteiger partial charge in [-0.05, 0) is 23.2 Å². The van der Waals surface area contributed by atoms with Crippen LogP contribution in [0, 0.1) is 0 Å². The van der Waals surface area contributed by atoms with E-state index in [2.05, 4.69) is 0 Å². The number of benzene rings is 1. The van der Waals surface area contributed by atoms with Gasteiger partial charge in [-0.2, -0.15) is 13.2 Å². The van der Waals surface area contributed by atoms with Crippen molar-refractivity contribution in [1.29, 1.82) is 0 Å². The Hall–Kier alpha value is -1.79. The molecule has 0 saturated heterocycles. The zero-order chi connectivity index (χ0) is 16.5. The van der Waals surface area contributed by atoms with Gasteiger partial charge in [0, 0.05) is 11.1 Å². The lowest BCUT2D eigenvalue weighted by Crippen LogP contribution is -2.25. The molecule has 0 unspecified atom stereocenters. The predicted octanol–water partition coefficient (Wildman–Crippen LogP) is 4.96. The van der Waals surface area contributed by atoms with Crippen LogP contribution >= 0.6 is 23.2 Å². The molecule has 1 aromatic heterocycles. The van der Waals surface area contributed by atoms with E-state index in [0.29, 0.717) is 11.1 Å². The smallest absolute Gasteiger partial charge is 0.450 e. The van der Waals surface area contributed by atoms with Crippen molar-refractivity contribution in [3.63, 3.8) is 0 Å². The monoisotopic (exact) mass is 350 g/mol. The van der Waals surface area contributed by atoms with Gasteiger partial charge in [-0.1, -0.05) is 29.8 Å². The molecule has 0 fully saturated rings. The summed E-state index contributed by atoms with van der Waals surface area (Å²) in [5, 5.41) is 0.0817. The van der Waals surface area contributed by atoms with Crippen LogP contribution in [0.4, 0.5) is 13.2 Å². The van der Waals surface area contributed by atoms with Crippen molar-refractivity contribution in [3.8, 4) is 11.1 Å². The van der Waals surface area contributed by atoms with Gasteiger partial charge in [0.1, 0.15) is 11.3 Å². The van der Waals surface area contributed by atoms with E-state index in [-0.39, 0.29) is 15.8 Å². The number of Topliss-reactive ketones (excluding diaryl/α,β-unsaturated/α-hetero) is 2. The molecule has 0 bridgehead atoms. The summed E-state index contributed by atoms with van der Waals surface area (Å²) in [4.78, 5) is 22.6. The molecule has 0 spiro atoms. The molecule has 116 valence electrons.